The Morgan fingerprint density at radius 1 is 1.06 bits per heavy atom. The van der Waals surface area contributed by atoms with Crippen molar-refractivity contribution in [2.24, 2.45) is 0 Å². The van der Waals surface area contributed by atoms with E-state index < -0.39 is 0 Å². The summed E-state index contributed by atoms with van der Waals surface area (Å²) in [5.74, 6) is 1.58. The molecule has 0 bridgehead atoms. The minimum absolute atomic E-state index is 0.773. The smallest absolute Gasteiger partial charge is 0.142 e. The first-order valence-electron chi connectivity index (χ1n) is 4.89. The van der Waals surface area contributed by atoms with Gasteiger partial charge in [0.2, 0.25) is 0 Å². The highest BCUT2D eigenvalue weighted by Crippen LogP contribution is 2.20. The number of benzene rings is 1. The molecule has 0 saturated heterocycles. The summed E-state index contributed by atoms with van der Waals surface area (Å²) in [5.41, 5.74) is 0.916. The van der Waals surface area contributed by atoms with E-state index in [0.29, 0.717) is 0 Å². The zero-order valence-corrected chi connectivity index (χ0v) is 8.38. The normalized spacial score (nSPS) is 10.5. The molecule has 1 aromatic carbocycles. The molecule has 2 heterocycles. The highest BCUT2D eigenvalue weighted by molar-refractivity contribution is 5.90. The van der Waals surface area contributed by atoms with Gasteiger partial charge in [-0.2, -0.15) is 5.10 Å². The Balaban J connectivity index is 2.10. The molecule has 3 rings (SSSR count). The van der Waals surface area contributed by atoms with Gasteiger partial charge in [-0.3, -0.25) is 5.10 Å². The number of fused-ring (bicyclic) bond motifs is 1. The molecule has 3 aromatic rings. The van der Waals surface area contributed by atoms with Crippen LogP contribution in [0.3, 0.4) is 0 Å². The Labute approximate surface area is 91.6 Å². The lowest BCUT2D eigenvalue weighted by Gasteiger charge is -2.05. The van der Waals surface area contributed by atoms with Crippen molar-refractivity contribution in [2.75, 3.05) is 5.32 Å². The third kappa shape index (κ3) is 1.48. The molecule has 0 spiro atoms. The Bertz CT molecular complexity index is 597. The quantitative estimate of drug-likeness (QED) is 0.681. The molecule has 5 heteroatoms. The Morgan fingerprint density at radius 2 is 2.00 bits per heavy atom. The molecule has 16 heavy (non-hydrogen) atoms. The average molecular weight is 211 g/mol. The summed E-state index contributed by atoms with van der Waals surface area (Å²) in [6, 6.07) is 9.69. The lowest BCUT2D eigenvalue weighted by atomic mass is 10.2. The van der Waals surface area contributed by atoms with Crippen LogP contribution in [0.4, 0.5) is 11.6 Å². The number of anilines is 2. The first-order chi connectivity index (χ1) is 7.93. The summed E-state index contributed by atoms with van der Waals surface area (Å²) < 4.78 is 0. The number of rotatable bonds is 2. The summed E-state index contributed by atoms with van der Waals surface area (Å²) in [5, 5.41) is 10.8. The van der Waals surface area contributed by atoms with Crippen molar-refractivity contribution in [3.63, 3.8) is 0 Å². The standard InChI is InChI=1S/C11H9N5/c1-2-4-9-8(3-1)11(13-7-12-9)15-10-5-6-14-16-10/h1-7H,(H2,12,13,14,15,16). The summed E-state index contributed by atoms with van der Waals surface area (Å²) in [7, 11) is 0. The van der Waals surface area contributed by atoms with Gasteiger partial charge in [-0.15, -0.1) is 0 Å². The van der Waals surface area contributed by atoms with E-state index in [1.165, 1.54) is 0 Å². The van der Waals surface area contributed by atoms with Crippen LogP contribution >= 0.6 is 0 Å². The van der Waals surface area contributed by atoms with Gasteiger partial charge in [0.15, 0.2) is 0 Å². The number of hydrogen-bond donors (Lipinski definition) is 2. The van der Waals surface area contributed by atoms with Gasteiger partial charge < -0.3 is 5.32 Å². The van der Waals surface area contributed by atoms with Crippen LogP contribution in [0, 0.1) is 0 Å². The van der Waals surface area contributed by atoms with Crippen LogP contribution < -0.4 is 5.32 Å². The number of nitrogens with one attached hydrogen (secondary N) is 2. The monoisotopic (exact) mass is 211 g/mol. The van der Waals surface area contributed by atoms with Crippen LogP contribution in [0.25, 0.3) is 10.9 Å². The van der Waals surface area contributed by atoms with E-state index in [1.54, 1.807) is 12.5 Å². The van der Waals surface area contributed by atoms with Gasteiger partial charge in [-0.05, 0) is 12.1 Å². The van der Waals surface area contributed by atoms with Crippen molar-refractivity contribution in [3.05, 3.63) is 42.9 Å². The predicted octanol–water partition coefficient (Wildman–Crippen LogP) is 2.10. The molecule has 0 saturated carbocycles. The largest absolute Gasteiger partial charge is 0.325 e. The Morgan fingerprint density at radius 3 is 2.88 bits per heavy atom. The number of nitrogens with zero attached hydrogens (tertiary/aromatic N) is 3. The Kier molecular flexibility index (Phi) is 2.00. The van der Waals surface area contributed by atoms with Gasteiger partial charge in [-0.1, -0.05) is 12.1 Å². The highest BCUT2D eigenvalue weighted by Gasteiger charge is 2.02. The summed E-state index contributed by atoms with van der Waals surface area (Å²) in [6.45, 7) is 0. The van der Waals surface area contributed by atoms with E-state index in [4.69, 9.17) is 0 Å². The zero-order chi connectivity index (χ0) is 10.8. The molecule has 0 aliphatic rings. The van der Waals surface area contributed by atoms with Crippen LogP contribution in [-0.4, -0.2) is 20.2 Å². The van der Waals surface area contributed by atoms with Gasteiger partial charge >= 0.3 is 0 Å². The van der Waals surface area contributed by atoms with Crippen molar-refractivity contribution < 1.29 is 0 Å². The molecule has 0 radical (unpaired) electrons. The fourth-order valence-electron chi connectivity index (χ4n) is 1.56. The van der Waals surface area contributed by atoms with Gasteiger partial charge in [0.05, 0.1) is 11.7 Å². The van der Waals surface area contributed by atoms with E-state index in [1.807, 2.05) is 30.3 Å². The third-order valence-corrected chi connectivity index (χ3v) is 2.30. The van der Waals surface area contributed by atoms with E-state index in [2.05, 4.69) is 25.5 Å². The number of H-pyrrole nitrogens is 1. The summed E-state index contributed by atoms with van der Waals surface area (Å²) >= 11 is 0. The second-order valence-electron chi connectivity index (χ2n) is 3.33. The molecule has 0 fully saturated rings. The molecule has 0 unspecified atom stereocenters. The molecule has 0 aliphatic heterocycles. The third-order valence-electron chi connectivity index (χ3n) is 2.30. The van der Waals surface area contributed by atoms with E-state index in [0.717, 1.165) is 22.5 Å². The molecule has 0 aliphatic carbocycles. The molecule has 2 aromatic heterocycles. The van der Waals surface area contributed by atoms with Crippen molar-refractivity contribution in [2.45, 2.75) is 0 Å². The summed E-state index contributed by atoms with van der Waals surface area (Å²) in [4.78, 5) is 8.41. The van der Waals surface area contributed by atoms with Gasteiger partial charge in [0.1, 0.15) is 18.0 Å². The van der Waals surface area contributed by atoms with Crippen molar-refractivity contribution in [1.29, 1.82) is 0 Å². The number of aromatic amines is 1. The number of hydrogen-bond acceptors (Lipinski definition) is 4. The second kappa shape index (κ2) is 3.62. The zero-order valence-electron chi connectivity index (χ0n) is 8.38. The first-order valence-corrected chi connectivity index (χ1v) is 4.89. The maximum atomic E-state index is 4.21. The maximum Gasteiger partial charge on any atom is 0.142 e. The Hall–Kier alpha value is -2.43. The minimum atomic E-state index is 0.773. The molecular weight excluding hydrogens is 202 g/mol. The lowest BCUT2D eigenvalue weighted by Crippen LogP contribution is -1.95. The SMILES string of the molecule is c1ccc2c(Nc3ccn[nH]3)ncnc2c1. The van der Waals surface area contributed by atoms with Crippen LogP contribution in [0.2, 0.25) is 0 Å². The topological polar surface area (TPSA) is 66.5 Å². The lowest BCUT2D eigenvalue weighted by molar-refractivity contribution is 1.09. The molecule has 0 amide bonds. The van der Waals surface area contributed by atoms with E-state index in [-0.39, 0.29) is 0 Å². The van der Waals surface area contributed by atoms with E-state index >= 15 is 0 Å². The van der Waals surface area contributed by atoms with Crippen molar-refractivity contribution in [1.82, 2.24) is 20.2 Å². The fourth-order valence-corrected chi connectivity index (χ4v) is 1.56. The second-order valence-corrected chi connectivity index (χ2v) is 3.33. The predicted molar refractivity (Wildman–Crippen MR) is 61.4 cm³/mol. The van der Waals surface area contributed by atoms with E-state index in [9.17, 15) is 0 Å². The maximum absolute atomic E-state index is 4.21. The molecular formula is C11H9N5. The molecule has 0 atom stereocenters. The van der Waals surface area contributed by atoms with Gasteiger partial charge in [0, 0.05) is 11.5 Å². The summed E-state index contributed by atoms with van der Waals surface area (Å²) in [6.07, 6.45) is 3.23. The van der Waals surface area contributed by atoms with Gasteiger partial charge in [-0.25, -0.2) is 9.97 Å². The molecule has 78 valence electrons. The fraction of sp³-hybridized carbons (Fsp3) is 0. The van der Waals surface area contributed by atoms with Crippen LogP contribution in [0.5, 0.6) is 0 Å². The van der Waals surface area contributed by atoms with Crippen LogP contribution in [0.15, 0.2) is 42.9 Å². The van der Waals surface area contributed by atoms with Crippen LogP contribution in [0.1, 0.15) is 0 Å². The van der Waals surface area contributed by atoms with Crippen LogP contribution in [-0.2, 0) is 0 Å². The number of para-hydroxylation sites is 1. The highest BCUT2D eigenvalue weighted by atomic mass is 15.2. The van der Waals surface area contributed by atoms with Crippen molar-refractivity contribution >= 4 is 22.5 Å². The average Bonchev–Trinajstić information content (AvgIpc) is 2.82. The van der Waals surface area contributed by atoms with Crippen molar-refractivity contribution in [3.8, 4) is 0 Å². The molecule has 5 nitrogen and oxygen atoms in total. The van der Waals surface area contributed by atoms with Gasteiger partial charge in [0.25, 0.3) is 0 Å². The minimum Gasteiger partial charge on any atom is -0.325 e. The first kappa shape index (κ1) is 8.84. The number of aromatic nitrogens is 4. The molecule has 2 N–H and O–H groups in total.